The summed E-state index contributed by atoms with van der Waals surface area (Å²) in [6.07, 6.45) is 0. The second kappa shape index (κ2) is 2.45. The van der Waals surface area contributed by atoms with E-state index >= 15 is 0 Å². The van der Waals surface area contributed by atoms with Gasteiger partial charge in [-0.25, -0.2) is 0 Å². The van der Waals surface area contributed by atoms with Gasteiger partial charge in [0.2, 0.25) is 0 Å². The lowest BCUT2D eigenvalue weighted by molar-refractivity contribution is -0.122. The number of carbonyl (C=O) groups excluding carboxylic acids is 1. The van der Waals surface area contributed by atoms with Gasteiger partial charge in [0.05, 0.1) is 0 Å². The van der Waals surface area contributed by atoms with Crippen LogP contribution in [0.3, 0.4) is 0 Å². The van der Waals surface area contributed by atoms with Gasteiger partial charge in [0, 0.05) is 0 Å². The summed E-state index contributed by atoms with van der Waals surface area (Å²) in [7, 11) is -5.72. The Morgan fingerprint density at radius 1 is 1.30 bits per heavy atom. The molecular formula is C2HF3O4S. The fourth-order valence-corrected chi connectivity index (χ4v) is 0.319. The van der Waals surface area contributed by atoms with Crippen LogP contribution >= 0.6 is 0 Å². The van der Waals surface area contributed by atoms with Crippen LogP contribution < -0.4 is 0 Å². The molecule has 10 heavy (non-hydrogen) atoms. The summed E-state index contributed by atoms with van der Waals surface area (Å²) in [5.74, 6) is 0. The van der Waals surface area contributed by atoms with Crippen molar-refractivity contribution in [3.8, 4) is 0 Å². The predicted molar refractivity (Wildman–Crippen MR) is 22.1 cm³/mol. The van der Waals surface area contributed by atoms with E-state index in [0.717, 1.165) is 0 Å². The molecule has 0 fully saturated rings. The molecule has 8 heteroatoms. The molecule has 60 valence electrons. The Balaban J connectivity index is 4.59. The molecule has 0 aromatic heterocycles. The van der Waals surface area contributed by atoms with Gasteiger partial charge < -0.3 is 4.18 Å². The van der Waals surface area contributed by atoms with Crippen molar-refractivity contribution >= 4 is 16.6 Å². The topological polar surface area (TPSA) is 60.4 Å². The zero-order valence-electron chi connectivity index (χ0n) is 4.25. The van der Waals surface area contributed by atoms with Gasteiger partial charge >= 0.3 is 22.1 Å². The molecular weight excluding hydrogens is 177 g/mol. The van der Waals surface area contributed by atoms with Gasteiger partial charge in [0.1, 0.15) is 0 Å². The highest BCUT2D eigenvalue weighted by Gasteiger charge is 2.48. The molecule has 0 aromatic rings. The first-order valence-electron chi connectivity index (χ1n) is 1.74. The highest BCUT2D eigenvalue weighted by atomic mass is 32.2. The number of hydrogen-bond acceptors (Lipinski definition) is 4. The highest BCUT2D eigenvalue weighted by Crippen LogP contribution is 2.23. The average Bonchev–Trinajstić information content (AvgIpc) is 1.61. The number of rotatable bonds is 2. The molecule has 0 saturated carbocycles. The zero-order chi connectivity index (χ0) is 8.41. The van der Waals surface area contributed by atoms with Gasteiger partial charge in [-0.1, -0.05) is 0 Å². The van der Waals surface area contributed by atoms with E-state index < -0.39 is 22.1 Å². The first-order chi connectivity index (χ1) is 4.31. The van der Waals surface area contributed by atoms with Crippen molar-refractivity contribution in [1.29, 1.82) is 0 Å². The molecule has 0 amide bonds. The fourth-order valence-electron chi connectivity index (χ4n) is 0.106. The second-order valence-corrected chi connectivity index (χ2v) is 2.66. The van der Waals surface area contributed by atoms with Crippen LogP contribution in [-0.2, 0) is 19.1 Å². The molecule has 0 radical (unpaired) electrons. The summed E-state index contributed by atoms with van der Waals surface area (Å²) in [5.41, 5.74) is -5.53. The monoisotopic (exact) mass is 178 g/mol. The van der Waals surface area contributed by atoms with E-state index in [1.807, 2.05) is 0 Å². The van der Waals surface area contributed by atoms with Crippen LogP contribution in [0.25, 0.3) is 0 Å². The Morgan fingerprint density at radius 3 is 1.80 bits per heavy atom. The van der Waals surface area contributed by atoms with E-state index in [1.165, 1.54) is 0 Å². The third kappa shape index (κ3) is 1.87. The SMILES string of the molecule is O=COS(=O)(=O)C(F)(F)F. The van der Waals surface area contributed by atoms with Crippen molar-refractivity contribution in [3.05, 3.63) is 0 Å². The number of alkyl halides is 3. The van der Waals surface area contributed by atoms with Crippen LogP contribution in [0.15, 0.2) is 0 Å². The standard InChI is InChI=1S/C2HF3O4S/c3-2(4,5)10(7,8)9-1-6/h1H. The summed E-state index contributed by atoms with van der Waals surface area (Å²) >= 11 is 0. The smallest absolute Gasteiger partial charge is 0.342 e. The van der Waals surface area contributed by atoms with Crippen molar-refractivity contribution in [2.24, 2.45) is 0 Å². The fraction of sp³-hybridized carbons (Fsp3) is 0.500. The molecule has 0 atom stereocenters. The Kier molecular flexibility index (Phi) is 2.25. The van der Waals surface area contributed by atoms with Crippen molar-refractivity contribution in [1.82, 2.24) is 0 Å². The van der Waals surface area contributed by atoms with Crippen molar-refractivity contribution in [3.63, 3.8) is 0 Å². The van der Waals surface area contributed by atoms with E-state index in [1.54, 1.807) is 0 Å². The van der Waals surface area contributed by atoms with Gasteiger partial charge in [-0.2, -0.15) is 21.6 Å². The minimum atomic E-state index is -5.72. The molecule has 0 bridgehead atoms. The van der Waals surface area contributed by atoms with E-state index in [9.17, 15) is 21.6 Å². The number of halogens is 3. The van der Waals surface area contributed by atoms with E-state index in [4.69, 9.17) is 4.79 Å². The van der Waals surface area contributed by atoms with Crippen LogP contribution in [0.2, 0.25) is 0 Å². The number of carbonyl (C=O) groups is 1. The van der Waals surface area contributed by atoms with Gasteiger partial charge in [0.25, 0.3) is 0 Å². The van der Waals surface area contributed by atoms with Crippen molar-refractivity contribution in [2.75, 3.05) is 0 Å². The minimum Gasteiger partial charge on any atom is -0.342 e. The zero-order valence-corrected chi connectivity index (χ0v) is 5.07. The third-order valence-electron chi connectivity index (χ3n) is 0.449. The normalized spacial score (nSPS) is 12.7. The van der Waals surface area contributed by atoms with E-state index in [2.05, 4.69) is 4.18 Å². The quantitative estimate of drug-likeness (QED) is 0.339. The van der Waals surface area contributed by atoms with Crippen LogP contribution in [-0.4, -0.2) is 20.4 Å². The largest absolute Gasteiger partial charge is 0.534 e. The predicted octanol–water partition coefficient (Wildman–Crippen LogP) is 0.00900. The van der Waals surface area contributed by atoms with Crippen LogP contribution in [0.5, 0.6) is 0 Å². The highest BCUT2D eigenvalue weighted by molar-refractivity contribution is 7.87. The van der Waals surface area contributed by atoms with Gasteiger partial charge in [-0.3, -0.25) is 4.79 Å². The molecule has 0 N–H and O–H groups in total. The maximum atomic E-state index is 11.1. The first kappa shape index (κ1) is 9.21. The maximum absolute atomic E-state index is 11.1. The first-order valence-corrected chi connectivity index (χ1v) is 3.15. The Bertz CT molecular complexity index is 213. The Labute approximate surface area is 53.7 Å². The molecule has 0 spiro atoms. The summed E-state index contributed by atoms with van der Waals surface area (Å²) in [5, 5.41) is 0. The third-order valence-corrected chi connectivity index (χ3v) is 1.35. The van der Waals surface area contributed by atoms with Crippen molar-refractivity contribution < 1.29 is 30.6 Å². The lowest BCUT2D eigenvalue weighted by Crippen LogP contribution is -2.24. The molecule has 0 heterocycles. The van der Waals surface area contributed by atoms with E-state index in [-0.39, 0.29) is 0 Å². The summed E-state index contributed by atoms with van der Waals surface area (Å²) < 4.78 is 55.6. The Morgan fingerprint density at radius 2 is 1.70 bits per heavy atom. The van der Waals surface area contributed by atoms with Crippen LogP contribution in [0, 0.1) is 0 Å². The second-order valence-electron chi connectivity index (χ2n) is 1.09. The lowest BCUT2D eigenvalue weighted by Gasteiger charge is -2.02. The molecule has 0 aromatic carbocycles. The molecule has 0 rings (SSSR count). The lowest BCUT2D eigenvalue weighted by atomic mass is 11.6. The minimum absolute atomic E-state index is 0.803. The number of hydrogen-bond donors (Lipinski definition) is 0. The van der Waals surface area contributed by atoms with Crippen molar-refractivity contribution in [2.45, 2.75) is 5.51 Å². The summed E-state index contributed by atoms with van der Waals surface area (Å²) in [6.45, 7) is -0.803. The summed E-state index contributed by atoms with van der Waals surface area (Å²) in [4.78, 5) is 9.17. The molecule has 0 aliphatic heterocycles. The molecule has 0 aliphatic rings. The molecule has 0 unspecified atom stereocenters. The van der Waals surface area contributed by atoms with Crippen LogP contribution in [0.4, 0.5) is 13.2 Å². The van der Waals surface area contributed by atoms with E-state index in [0.29, 0.717) is 0 Å². The summed E-state index contributed by atoms with van der Waals surface area (Å²) in [6, 6.07) is 0. The van der Waals surface area contributed by atoms with Gasteiger partial charge in [-0.05, 0) is 0 Å². The Hall–Kier alpha value is -0.790. The molecule has 4 nitrogen and oxygen atoms in total. The van der Waals surface area contributed by atoms with Gasteiger partial charge in [0.15, 0.2) is 0 Å². The maximum Gasteiger partial charge on any atom is 0.534 e. The average molecular weight is 178 g/mol. The van der Waals surface area contributed by atoms with Gasteiger partial charge in [-0.15, -0.1) is 0 Å². The molecule has 0 saturated heterocycles. The van der Waals surface area contributed by atoms with Crippen LogP contribution in [0.1, 0.15) is 0 Å². The molecule has 0 aliphatic carbocycles.